The topological polar surface area (TPSA) is 65.2 Å². The summed E-state index contributed by atoms with van der Waals surface area (Å²) in [5.74, 6) is -0.311. The summed E-state index contributed by atoms with van der Waals surface area (Å²) < 4.78 is 9.79. The summed E-state index contributed by atoms with van der Waals surface area (Å²) in [4.78, 5) is 13.5. The first-order valence-corrected chi connectivity index (χ1v) is 6.13. The second kappa shape index (κ2) is 3.96. The lowest BCUT2D eigenvalue weighted by atomic mass is 10.2. The molecule has 0 saturated heterocycles. The maximum Gasteiger partial charge on any atom is 0.396 e. The number of aryl methyl sites for hydroxylation is 2. The lowest BCUT2D eigenvalue weighted by molar-refractivity contribution is 0.0557. The van der Waals surface area contributed by atoms with E-state index in [0.29, 0.717) is 5.89 Å². The molecule has 0 amide bonds. The van der Waals surface area contributed by atoms with Crippen LogP contribution < -0.4 is 0 Å². The van der Waals surface area contributed by atoms with Crippen molar-refractivity contribution in [2.24, 2.45) is 0 Å². The normalized spacial score (nSPS) is 13.7. The van der Waals surface area contributed by atoms with Gasteiger partial charge in [-0.05, 0) is 30.9 Å². The molecule has 6 heteroatoms. The van der Waals surface area contributed by atoms with Gasteiger partial charge in [0.15, 0.2) is 0 Å². The van der Waals surface area contributed by atoms with Crippen molar-refractivity contribution in [1.29, 1.82) is 0 Å². The summed E-state index contributed by atoms with van der Waals surface area (Å²) in [7, 11) is 1.28. The van der Waals surface area contributed by atoms with Crippen LogP contribution in [0.5, 0.6) is 0 Å². The van der Waals surface area contributed by atoms with Gasteiger partial charge >= 0.3 is 11.9 Å². The van der Waals surface area contributed by atoms with Gasteiger partial charge in [-0.2, -0.15) is 0 Å². The number of hydrogen-bond acceptors (Lipinski definition) is 6. The molecule has 0 spiro atoms. The van der Waals surface area contributed by atoms with Gasteiger partial charge in [-0.3, -0.25) is 0 Å². The van der Waals surface area contributed by atoms with Crippen molar-refractivity contribution >= 4 is 17.3 Å². The molecule has 0 unspecified atom stereocenters. The zero-order valence-electron chi connectivity index (χ0n) is 9.23. The molecule has 0 saturated carbocycles. The van der Waals surface area contributed by atoms with Gasteiger partial charge in [0.1, 0.15) is 0 Å². The van der Waals surface area contributed by atoms with E-state index in [-0.39, 0.29) is 5.89 Å². The lowest BCUT2D eigenvalue weighted by Crippen LogP contribution is -2.00. The van der Waals surface area contributed by atoms with Crippen LogP contribution in [0.15, 0.2) is 10.5 Å². The van der Waals surface area contributed by atoms with Gasteiger partial charge in [0.2, 0.25) is 0 Å². The van der Waals surface area contributed by atoms with Gasteiger partial charge in [-0.15, -0.1) is 21.5 Å². The lowest BCUT2D eigenvalue weighted by Gasteiger charge is -1.90. The van der Waals surface area contributed by atoms with E-state index >= 15 is 0 Å². The first-order valence-electron chi connectivity index (χ1n) is 5.31. The highest BCUT2D eigenvalue weighted by Crippen LogP contribution is 2.35. The predicted molar refractivity (Wildman–Crippen MR) is 61.0 cm³/mol. The van der Waals surface area contributed by atoms with E-state index in [1.807, 2.05) is 0 Å². The van der Waals surface area contributed by atoms with Crippen molar-refractivity contribution in [3.8, 4) is 10.8 Å². The van der Waals surface area contributed by atoms with Crippen LogP contribution in [-0.2, 0) is 17.6 Å². The molecule has 2 aromatic heterocycles. The van der Waals surface area contributed by atoms with Crippen LogP contribution in [0.4, 0.5) is 0 Å². The third kappa shape index (κ3) is 1.74. The number of ether oxygens (including phenoxy) is 1. The fraction of sp³-hybridized carbons (Fsp3) is 0.364. The molecule has 0 aromatic carbocycles. The molecule has 2 heterocycles. The first-order chi connectivity index (χ1) is 8.28. The molecule has 0 aliphatic heterocycles. The molecule has 0 radical (unpaired) electrons. The minimum absolute atomic E-state index is 0.101. The minimum Gasteiger partial charge on any atom is -0.462 e. The van der Waals surface area contributed by atoms with Crippen LogP contribution >= 0.6 is 11.3 Å². The van der Waals surface area contributed by atoms with Gasteiger partial charge in [0, 0.05) is 4.88 Å². The Kier molecular flexibility index (Phi) is 2.44. The van der Waals surface area contributed by atoms with Crippen molar-refractivity contribution in [2.75, 3.05) is 7.11 Å². The monoisotopic (exact) mass is 250 g/mol. The maximum atomic E-state index is 11.2. The van der Waals surface area contributed by atoms with Crippen LogP contribution in [0, 0.1) is 0 Å². The molecule has 2 aromatic rings. The number of esters is 1. The number of rotatable bonds is 2. The van der Waals surface area contributed by atoms with Gasteiger partial charge in [0.25, 0.3) is 5.89 Å². The van der Waals surface area contributed by atoms with Crippen molar-refractivity contribution in [2.45, 2.75) is 19.3 Å². The molecule has 0 bridgehead atoms. The Balaban J connectivity index is 1.93. The molecule has 88 valence electrons. The van der Waals surface area contributed by atoms with E-state index in [1.54, 1.807) is 11.3 Å². The molecular weight excluding hydrogens is 240 g/mol. The van der Waals surface area contributed by atoms with Gasteiger partial charge in [-0.25, -0.2) is 4.79 Å². The summed E-state index contributed by atoms with van der Waals surface area (Å²) in [6.07, 6.45) is 3.46. The fourth-order valence-electron chi connectivity index (χ4n) is 1.93. The van der Waals surface area contributed by atoms with Crippen LogP contribution in [-0.4, -0.2) is 23.3 Å². The number of aromatic nitrogens is 2. The summed E-state index contributed by atoms with van der Waals surface area (Å²) in [5.41, 5.74) is 1.36. The van der Waals surface area contributed by atoms with Crippen molar-refractivity contribution in [3.63, 3.8) is 0 Å². The Hall–Kier alpha value is -1.69. The molecule has 17 heavy (non-hydrogen) atoms. The number of hydrogen-bond donors (Lipinski definition) is 0. The third-order valence-corrected chi connectivity index (χ3v) is 3.97. The van der Waals surface area contributed by atoms with Crippen LogP contribution in [0.1, 0.15) is 27.5 Å². The average Bonchev–Trinajstić information content (AvgIpc) is 3.00. The van der Waals surface area contributed by atoms with Crippen LogP contribution in [0.2, 0.25) is 0 Å². The average molecular weight is 250 g/mol. The smallest absolute Gasteiger partial charge is 0.396 e. The fourth-order valence-corrected chi connectivity index (χ4v) is 3.10. The quantitative estimate of drug-likeness (QED) is 0.763. The van der Waals surface area contributed by atoms with Gasteiger partial charge in [-0.1, -0.05) is 0 Å². The largest absolute Gasteiger partial charge is 0.462 e. The molecular formula is C11H10N2O3S. The molecule has 0 N–H and O–H groups in total. The molecule has 0 fully saturated rings. The zero-order valence-corrected chi connectivity index (χ0v) is 10.0. The molecule has 1 aliphatic rings. The van der Waals surface area contributed by atoms with Crippen molar-refractivity contribution < 1.29 is 13.9 Å². The standard InChI is InChI=1S/C11H10N2O3S/c1-15-11(14)10-13-12-9(16-10)8-5-6-3-2-4-7(6)17-8/h5H,2-4H2,1H3. The van der Waals surface area contributed by atoms with Crippen LogP contribution in [0.3, 0.4) is 0 Å². The molecule has 3 rings (SSSR count). The first kappa shape index (κ1) is 10.5. The SMILES string of the molecule is COC(=O)c1nnc(-c2cc3c(s2)CCC3)o1. The van der Waals surface area contributed by atoms with E-state index in [0.717, 1.165) is 17.7 Å². The Morgan fingerprint density at radius 1 is 1.47 bits per heavy atom. The van der Waals surface area contributed by atoms with Crippen LogP contribution in [0.25, 0.3) is 10.8 Å². The van der Waals surface area contributed by atoms with E-state index in [1.165, 1.54) is 24.0 Å². The Morgan fingerprint density at radius 2 is 2.35 bits per heavy atom. The maximum absolute atomic E-state index is 11.2. The van der Waals surface area contributed by atoms with E-state index in [2.05, 4.69) is 21.0 Å². The number of thiophene rings is 1. The van der Waals surface area contributed by atoms with E-state index < -0.39 is 5.97 Å². The molecule has 0 atom stereocenters. The second-order valence-corrected chi connectivity index (χ2v) is 4.95. The summed E-state index contributed by atoms with van der Waals surface area (Å²) in [5, 5.41) is 7.52. The number of nitrogens with zero attached hydrogens (tertiary/aromatic N) is 2. The number of carbonyl (C=O) groups excluding carboxylic acids is 1. The molecule has 5 nitrogen and oxygen atoms in total. The second-order valence-electron chi connectivity index (χ2n) is 3.82. The van der Waals surface area contributed by atoms with E-state index in [4.69, 9.17) is 4.42 Å². The highest BCUT2D eigenvalue weighted by atomic mass is 32.1. The highest BCUT2D eigenvalue weighted by molar-refractivity contribution is 7.15. The highest BCUT2D eigenvalue weighted by Gasteiger charge is 2.20. The summed E-state index contributed by atoms with van der Waals surface area (Å²) in [6.45, 7) is 0. The predicted octanol–water partition coefficient (Wildman–Crippen LogP) is 2.07. The number of methoxy groups -OCH3 is 1. The summed E-state index contributed by atoms with van der Waals surface area (Å²) in [6, 6.07) is 2.07. The Morgan fingerprint density at radius 3 is 3.12 bits per heavy atom. The van der Waals surface area contributed by atoms with E-state index in [9.17, 15) is 4.79 Å². The number of carbonyl (C=O) groups is 1. The summed E-state index contributed by atoms with van der Waals surface area (Å²) >= 11 is 1.66. The molecule has 1 aliphatic carbocycles. The minimum atomic E-state index is -0.604. The third-order valence-electron chi connectivity index (χ3n) is 2.74. The Labute approximate surface area is 101 Å². The van der Waals surface area contributed by atoms with Crippen molar-refractivity contribution in [1.82, 2.24) is 10.2 Å². The van der Waals surface area contributed by atoms with Gasteiger partial charge in [0.05, 0.1) is 12.0 Å². The van der Waals surface area contributed by atoms with Crippen molar-refractivity contribution in [3.05, 3.63) is 22.4 Å². The van der Waals surface area contributed by atoms with Gasteiger partial charge < -0.3 is 9.15 Å². The zero-order chi connectivity index (χ0) is 11.8. The Bertz CT molecular complexity index is 552. The number of fused-ring (bicyclic) bond motifs is 1.